The van der Waals surface area contributed by atoms with E-state index in [1.165, 1.54) is 11.8 Å². The number of rotatable bonds is 4. The molecule has 0 radical (unpaired) electrons. The highest BCUT2D eigenvalue weighted by atomic mass is 32.2. The summed E-state index contributed by atoms with van der Waals surface area (Å²) >= 11 is 1.52. The number of hydrogen-bond donors (Lipinski definition) is 1. The molecule has 104 valence electrons. The van der Waals surface area contributed by atoms with Crippen LogP contribution < -0.4 is 5.32 Å². The van der Waals surface area contributed by atoms with Crippen molar-refractivity contribution in [3.63, 3.8) is 0 Å². The van der Waals surface area contributed by atoms with E-state index < -0.39 is 0 Å². The van der Waals surface area contributed by atoms with Gasteiger partial charge in [-0.25, -0.2) is 0 Å². The maximum atomic E-state index is 12.0. The topological polar surface area (TPSA) is 42.0 Å². The van der Waals surface area contributed by atoms with Gasteiger partial charge in [-0.3, -0.25) is 9.78 Å². The first kappa shape index (κ1) is 13.6. The summed E-state index contributed by atoms with van der Waals surface area (Å²) in [6, 6.07) is 19.7. The van der Waals surface area contributed by atoms with Crippen molar-refractivity contribution in [1.82, 2.24) is 4.98 Å². The van der Waals surface area contributed by atoms with Crippen LogP contribution in [0.3, 0.4) is 0 Å². The lowest BCUT2D eigenvalue weighted by Crippen LogP contribution is -2.14. The maximum absolute atomic E-state index is 12.0. The Kier molecular flexibility index (Phi) is 4.17. The molecule has 0 fully saturated rings. The monoisotopic (exact) mass is 294 g/mol. The van der Waals surface area contributed by atoms with Crippen LogP contribution in [0.25, 0.3) is 10.9 Å². The second-order valence-electron chi connectivity index (χ2n) is 4.57. The van der Waals surface area contributed by atoms with Crippen LogP contribution in [0.2, 0.25) is 0 Å². The zero-order chi connectivity index (χ0) is 14.5. The number of nitrogens with zero attached hydrogens (tertiary/aromatic N) is 1. The number of pyridine rings is 1. The van der Waals surface area contributed by atoms with Gasteiger partial charge in [-0.2, -0.15) is 0 Å². The molecule has 0 saturated carbocycles. The number of anilines is 1. The van der Waals surface area contributed by atoms with Crippen LogP contribution in [0.1, 0.15) is 0 Å². The Labute approximate surface area is 127 Å². The van der Waals surface area contributed by atoms with Gasteiger partial charge in [0.25, 0.3) is 0 Å². The van der Waals surface area contributed by atoms with Crippen LogP contribution >= 0.6 is 11.8 Å². The van der Waals surface area contributed by atoms with Crippen molar-refractivity contribution in [2.24, 2.45) is 0 Å². The van der Waals surface area contributed by atoms with E-state index in [9.17, 15) is 4.79 Å². The first-order valence-corrected chi connectivity index (χ1v) is 7.62. The molecule has 1 aromatic heterocycles. The fourth-order valence-corrected chi connectivity index (χ4v) is 2.72. The molecule has 3 aromatic rings. The summed E-state index contributed by atoms with van der Waals surface area (Å²) in [6.45, 7) is 0. The van der Waals surface area contributed by atoms with Gasteiger partial charge in [-0.1, -0.05) is 36.4 Å². The van der Waals surface area contributed by atoms with Gasteiger partial charge >= 0.3 is 0 Å². The van der Waals surface area contributed by atoms with Crippen LogP contribution in [0, 0.1) is 0 Å². The van der Waals surface area contributed by atoms with Gasteiger partial charge in [0.05, 0.1) is 23.2 Å². The third-order valence-electron chi connectivity index (χ3n) is 2.99. The van der Waals surface area contributed by atoms with Gasteiger partial charge in [0.15, 0.2) is 0 Å². The number of para-hydroxylation sites is 1. The summed E-state index contributed by atoms with van der Waals surface area (Å²) in [5, 5.41) is 3.90. The van der Waals surface area contributed by atoms with Crippen molar-refractivity contribution < 1.29 is 4.79 Å². The van der Waals surface area contributed by atoms with Crippen molar-refractivity contribution in [3.8, 4) is 0 Å². The maximum Gasteiger partial charge on any atom is 0.234 e. The number of thioether (sulfide) groups is 1. The Morgan fingerprint density at radius 2 is 1.81 bits per heavy atom. The molecule has 1 amide bonds. The molecule has 0 unspecified atom stereocenters. The number of hydrogen-bond acceptors (Lipinski definition) is 3. The SMILES string of the molecule is O=C(CSc1ccccc1)Nc1cnc2ccccc2c1. The molecule has 1 heterocycles. The standard InChI is InChI=1S/C17H14N2OS/c20-17(12-21-15-7-2-1-3-8-15)19-14-10-13-6-4-5-9-16(13)18-11-14/h1-11H,12H2,(H,19,20). The van der Waals surface area contributed by atoms with Crippen LogP contribution in [0.15, 0.2) is 71.8 Å². The largest absolute Gasteiger partial charge is 0.324 e. The molecule has 0 aliphatic rings. The molecule has 0 aliphatic carbocycles. The fraction of sp³-hybridized carbons (Fsp3) is 0.0588. The van der Waals surface area contributed by atoms with Crippen molar-refractivity contribution in [2.75, 3.05) is 11.1 Å². The average molecular weight is 294 g/mol. The molecule has 4 heteroatoms. The van der Waals surface area contributed by atoms with E-state index in [-0.39, 0.29) is 5.91 Å². The molecule has 21 heavy (non-hydrogen) atoms. The smallest absolute Gasteiger partial charge is 0.234 e. The van der Waals surface area contributed by atoms with E-state index in [1.807, 2.05) is 60.7 Å². The molecule has 1 N–H and O–H groups in total. The van der Waals surface area contributed by atoms with Crippen LogP contribution in [-0.2, 0) is 4.79 Å². The molecule has 0 atom stereocenters. The predicted molar refractivity (Wildman–Crippen MR) is 87.5 cm³/mol. The minimum absolute atomic E-state index is 0.0269. The predicted octanol–water partition coefficient (Wildman–Crippen LogP) is 3.97. The van der Waals surface area contributed by atoms with E-state index in [4.69, 9.17) is 0 Å². The number of fused-ring (bicyclic) bond motifs is 1. The van der Waals surface area contributed by atoms with Crippen LogP contribution in [-0.4, -0.2) is 16.6 Å². The van der Waals surface area contributed by atoms with E-state index >= 15 is 0 Å². The normalized spacial score (nSPS) is 10.5. The second kappa shape index (κ2) is 6.41. The van der Waals surface area contributed by atoms with Crippen molar-refractivity contribution in [3.05, 3.63) is 66.9 Å². The van der Waals surface area contributed by atoms with E-state index in [2.05, 4.69) is 10.3 Å². The van der Waals surface area contributed by atoms with Crippen molar-refractivity contribution in [1.29, 1.82) is 0 Å². The summed E-state index contributed by atoms with van der Waals surface area (Å²) in [6.07, 6.45) is 1.69. The Morgan fingerprint density at radius 1 is 1.05 bits per heavy atom. The zero-order valence-electron chi connectivity index (χ0n) is 11.3. The summed E-state index contributed by atoms with van der Waals surface area (Å²) in [5.74, 6) is 0.359. The second-order valence-corrected chi connectivity index (χ2v) is 5.62. The van der Waals surface area contributed by atoms with E-state index in [0.29, 0.717) is 5.75 Å². The van der Waals surface area contributed by atoms with Gasteiger partial charge in [-0.05, 0) is 24.3 Å². The number of amides is 1. The highest BCUT2D eigenvalue weighted by molar-refractivity contribution is 8.00. The molecule has 2 aromatic carbocycles. The Bertz CT molecular complexity index is 759. The van der Waals surface area contributed by atoms with Gasteiger partial charge in [0.2, 0.25) is 5.91 Å². The molecule has 0 spiro atoms. The summed E-state index contributed by atoms with van der Waals surface area (Å²) in [4.78, 5) is 17.4. The molecule has 0 saturated heterocycles. The third-order valence-corrected chi connectivity index (χ3v) is 4.00. The molecule has 3 rings (SSSR count). The van der Waals surface area contributed by atoms with Crippen molar-refractivity contribution in [2.45, 2.75) is 4.90 Å². The van der Waals surface area contributed by atoms with Crippen LogP contribution in [0.5, 0.6) is 0 Å². The molecule has 0 aliphatic heterocycles. The Morgan fingerprint density at radius 3 is 2.67 bits per heavy atom. The zero-order valence-corrected chi connectivity index (χ0v) is 12.1. The number of aromatic nitrogens is 1. The first-order valence-electron chi connectivity index (χ1n) is 6.64. The van der Waals surface area contributed by atoms with Crippen molar-refractivity contribution >= 4 is 34.3 Å². The minimum Gasteiger partial charge on any atom is -0.324 e. The summed E-state index contributed by atoms with van der Waals surface area (Å²) in [5.41, 5.74) is 1.65. The summed E-state index contributed by atoms with van der Waals surface area (Å²) in [7, 11) is 0. The lowest BCUT2D eigenvalue weighted by molar-refractivity contribution is -0.113. The quantitative estimate of drug-likeness (QED) is 0.740. The summed E-state index contributed by atoms with van der Waals surface area (Å²) < 4.78 is 0. The molecular formula is C17H14N2OS. The Hall–Kier alpha value is -2.33. The Balaban J connectivity index is 1.63. The minimum atomic E-state index is -0.0269. The average Bonchev–Trinajstić information content (AvgIpc) is 2.54. The lowest BCUT2D eigenvalue weighted by atomic mass is 10.2. The van der Waals surface area contributed by atoms with E-state index in [1.54, 1.807) is 6.20 Å². The number of carbonyl (C=O) groups excluding carboxylic acids is 1. The number of carbonyl (C=O) groups is 1. The van der Waals surface area contributed by atoms with Gasteiger partial charge < -0.3 is 5.32 Å². The first-order chi connectivity index (χ1) is 10.3. The molecule has 0 bridgehead atoms. The van der Waals surface area contributed by atoms with Gasteiger partial charge in [0, 0.05) is 10.3 Å². The highest BCUT2D eigenvalue weighted by Crippen LogP contribution is 2.19. The third kappa shape index (κ3) is 3.61. The van der Waals surface area contributed by atoms with Gasteiger partial charge in [0.1, 0.15) is 0 Å². The van der Waals surface area contributed by atoms with E-state index in [0.717, 1.165) is 21.5 Å². The number of nitrogens with one attached hydrogen (secondary N) is 1. The highest BCUT2D eigenvalue weighted by Gasteiger charge is 2.04. The molecule has 3 nitrogen and oxygen atoms in total. The van der Waals surface area contributed by atoms with Gasteiger partial charge in [-0.15, -0.1) is 11.8 Å². The fourth-order valence-electron chi connectivity index (χ4n) is 2.00. The van der Waals surface area contributed by atoms with Crippen LogP contribution in [0.4, 0.5) is 5.69 Å². The lowest BCUT2D eigenvalue weighted by Gasteiger charge is -2.06. The number of benzene rings is 2. The molecular weight excluding hydrogens is 280 g/mol.